The number of amides is 1. The van der Waals surface area contributed by atoms with Crippen molar-refractivity contribution in [3.05, 3.63) is 72.2 Å². The summed E-state index contributed by atoms with van der Waals surface area (Å²) in [6, 6.07) is 9.68. The van der Waals surface area contributed by atoms with Crippen molar-refractivity contribution < 1.29 is 18.7 Å². The molecule has 0 aliphatic carbocycles. The second kappa shape index (κ2) is 12.5. The van der Waals surface area contributed by atoms with E-state index in [2.05, 4.69) is 25.8 Å². The Balaban J connectivity index is 1.64. The predicted molar refractivity (Wildman–Crippen MR) is 146 cm³/mol. The molecule has 11 heteroatoms. The maximum atomic E-state index is 14.3. The molecule has 0 spiro atoms. The number of imidazole rings is 1. The number of hydrogen-bond acceptors (Lipinski definition) is 8. The summed E-state index contributed by atoms with van der Waals surface area (Å²) in [6.45, 7) is 5.02. The van der Waals surface area contributed by atoms with E-state index in [9.17, 15) is 14.4 Å². The van der Waals surface area contributed by atoms with Gasteiger partial charge in [-0.15, -0.1) is 10.2 Å². The quantitative estimate of drug-likeness (QED) is 0.252. The number of fused-ring (bicyclic) bond motifs is 1. The first-order valence-corrected chi connectivity index (χ1v) is 12.4. The largest absolute Gasteiger partial charge is 0.494 e. The molecule has 10 nitrogen and oxygen atoms in total. The average molecular weight is 530 g/mol. The van der Waals surface area contributed by atoms with Crippen LogP contribution >= 0.6 is 0 Å². The summed E-state index contributed by atoms with van der Waals surface area (Å²) in [6.07, 6.45) is 8.28. The third-order valence-corrected chi connectivity index (χ3v) is 5.84. The van der Waals surface area contributed by atoms with E-state index in [1.54, 1.807) is 30.5 Å². The Labute approximate surface area is 225 Å². The van der Waals surface area contributed by atoms with Crippen LogP contribution in [0.5, 0.6) is 11.5 Å². The van der Waals surface area contributed by atoms with Gasteiger partial charge in [-0.25, -0.2) is 9.37 Å². The Morgan fingerprint density at radius 1 is 1.23 bits per heavy atom. The van der Waals surface area contributed by atoms with Crippen LogP contribution < -0.4 is 20.1 Å². The van der Waals surface area contributed by atoms with Gasteiger partial charge < -0.3 is 24.7 Å². The maximum Gasteiger partial charge on any atom is 0.248 e. The van der Waals surface area contributed by atoms with Crippen LogP contribution in [0.2, 0.25) is 0 Å². The molecule has 0 bridgehead atoms. The monoisotopic (exact) mass is 529 g/mol. The first-order chi connectivity index (χ1) is 18.9. The second-order valence-electron chi connectivity index (χ2n) is 8.57. The molecule has 1 amide bonds. The third-order valence-electron chi connectivity index (χ3n) is 5.84. The van der Waals surface area contributed by atoms with Crippen LogP contribution in [-0.2, 0) is 11.3 Å². The van der Waals surface area contributed by atoms with Gasteiger partial charge in [-0.05, 0) is 44.0 Å². The Hall–Kier alpha value is -4.98. The van der Waals surface area contributed by atoms with E-state index in [4.69, 9.17) is 9.47 Å². The van der Waals surface area contributed by atoms with Gasteiger partial charge in [0.1, 0.15) is 17.6 Å². The summed E-state index contributed by atoms with van der Waals surface area (Å²) in [5.41, 5.74) is 1.54. The number of carbonyl (C=O) groups excluding carboxylic acids is 1. The van der Waals surface area contributed by atoms with Crippen molar-refractivity contribution in [2.24, 2.45) is 0 Å². The standard InChI is InChI=1S/C28H28FN7O3/c1-4-13-39-26-16-22-20(15-23(26)33-27(37)7-5-6-11-36-12-10-31-18(36)2)28(24(17-30)35-34-22)32-19-8-9-25(38-3)21(29)14-19/h5,7-10,12,14-16H,4,6,11,13H2,1-3H3,(H,32,34)(H,33,37)/b7-5+. The van der Waals surface area contributed by atoms with Gasteiger partial charge in [-0.2, -0.15) is 5.26 Å². The SMILES string of the molecule is CCCOc1cc2nnc(C#N)c(Nc3ccc(OC)c(F)c3)c2cc1NC(=O)/C=C/CCn1ccnc1C. The van der Waals surface area contributed by atoms with Crippen molar-refractivity contribution in [3.63, 3.8) is 0 Å². The number of halogens is 1. The van der Waals surface area contributed by atoms with Crippen molar-refractivity contribution in [2.45, 2.75) is 33.2 Å². The van der Waals surface area contributed by atoms with Gasteiger partial charge in [0.05, 0.1) is 30.6 Å². The van der Waals surface area contributed by atoms with Gasteiger partial charge in [0.15, 0.2) is 17.3 Å². The van der Waals surface area contributed by atoms with Crippen LogP contribution in [0.15, 0.2) is 54.9 Å². The lowest BCUT2D eigenvalue weighted by atomic mass is 10.1. The summed E-state index contributed by atoms with van der Waals surface area (Å²) in [5.74, 6) is 0.511. The van der Waals surface area contributed by atoms with Crippen molar-refractivity contribution in [1.29, 1.82) is 5.26 Å². The minimum atomic E-state index is -0.564. The van der Waals surface area contributed by atoms with E-state index in [0.29, 0.717) is 53.3 Å². The minimum absolute atomic E-state index is 0.00733. The molecule has 0 unspecified atom stereocenters. The number of carbonyl (C=O) groups is 1. The number of allylic oxidation sites excluding steroid dienone is 1. The summed E-state index contributed by atoms with van der Waals surface area (Å²) in [7, 11) is 1.38. The van der Waals surface area contributed by atoms with E-state index in [0.717, 1.165) is 12.2 Å². The molecule has 39 heavy (non-hydrogen) atoms. The highest BCUT2D eigenvalue weighted by molar-refractivity contribution is 6.04. The number of aromatic nitrogens is 4. The smallest absolute Gasteiger partial charge is 0.248 e. The van der Waals surface area contributed by atoms with Crippen LogP contribution in [0, 0.1) is 24.1 Å². The Morgan fingerprint density at radius 2 is 2.08 bits per heavy atom. The summed E-state index contributed by atoms with van der Waals surface area (Å²) in [5, 5.41) is 24.3. The zero-order valence-electron chi connectivity index (χ0n) is 21.9. The number of anilines is 3. The lowest BCUT2D eigenvalue weighted by Gasteiger charge is -2.16. The predicted octanol–water partition coefficient (Wildman–Crippen LogP) is 5.27. The molecule has 2 aromatic carbocycles. The zero-order chi connectivity index (χ0) is 27.8. The summed E-state index contributed by atoms with van der Waals surface area (Å²) in [4.78, 5) is 17.0. The van der Waals surface area contributed by atoms with Crippen molar-refractivity contribution in [1.82, 2.24) is 19.7 Å². The number of hydrogen-bond donors (Lipinski definition) is 2. The van der Waals surface area contributed by atoms with E-state index in [-0.39, 0.29) is 17.4 Å². The van der Waals surface area contributed by atoms with Crippen LogP contribution in [-0.4, -0.2) is 39.4 Å². The number of rotatable bonds is 11. The maximum absolute atomic E-state index is 14.3. The second-order valence-corrected chi connectivity index (χ2v) is 8.57. The van der Waals surface area contributed by atoms with Gasteiger partial charge in [-0.3, -0.25) is 4.79 Å². The Bertz CT molecular complexity index is 1560. The number of nitrogens with zero attached hydrogens (tertiary/aromatic N) is 5. The average Bonchev–Trinajstić information content (AvgIpc) is 3.34. The Kier molecular flexibility index (Phi) is 8.68. The topological polar surface area (TPSA) is 127 Å². The third kappa shape index (κ3) is 6.48. The molecule has 0 aliphatic heterocycles. The first kappa shape index (κ1) is 27.1. The molecule has 2 N–H and O–H groups in total. The van der Waals surface area contributed by atoms with Crippen LogP contribution in [0.1, 0.15) is 31.3 Å². The molecule has 2 heterocycles. The molecule has 2 aromatic heterocycles. The highest BCUT2D eigenvalue weighted by Gasteiger charge is 2.17. The fourth-order valence-corrected chi connectivity index (χ4v) is 3.87. The van der Waals surface area contributed by atoms with Crippen LogP contribution in [0.25, 0.3) is 10.9 Å². The summed E-state index contributed by atoms with van der Waals surface area (Å²) >= 11 is 0. The van der Waals surface area contributed by atoms with E-state index in [1.807, 2.05) is 30.7 Å². The molecular formula is C28H28FN7O3. The van der Waals surface area contributed by atoms with Crippen molar-refractivity contribution >= 4 is 33.9 Å². The number of aryl methyl sites for hydroxylation is 2. The molecular weight excluding hydrogens is 501 g/mol. The highest BCUT2D eigenvalue weighted by Crippen LogP contribution is 2.36. The number of nitrogens with one attached hydrogen (secondary N) is 2. The molecule has 0 radical (unpaired) electrons. The minimum Gasteiger partial charge on any atom is -0.494 e. The van der Waals surface area contributed by atoms with Gasteiger partial charge in [-0.1, -0.05) is 13.0 Å². The van der Waals surface area contributed by atoms with Crippen molar-refractivity contribution in [3.8, 4) is 17.6 Å². The molecule has 0 fully saturated rings. The lowest BCUT2D eigenvalue weighted by molar-refractivity contribution is -0.111. The first-order valence-electron chi connectivity index (χ1n) is 12.4. The van der Waals surface area contributed by atoms with E-state index < -0.39 is 5.82 Å². The number of methoxy groups -OCH3 is 1. The molecule has 0 saturated carbocycles. The fraction of sp³-hybridized carbons (Fsp3) is 0.250. The van der Waals surface area contributed by atoms with Gasteiger partial charge in [0, 0.05) is 42.1 Å². The molecule has 0 saturated heterocycles. The fourth-order valence-electron chi connectivity index (χ4n) is 3.87. The number of benzene rings is 2. The van der Waals surface area contributed by atoms with E-state index >= 15 is 0 Å². The van der Waals surface area contributed by atoms with Gasteiger partial charge >= 0.3 is 0 Å². The Morgan fingerprint density at radius 3 is 2.77 bits per heavy atom. The van der Waals surface area contributed by atoms with Crippen molar-refractivity contribution in [2.75, 3.05) is 24.4 Å². The normalized spacial score (nSPS) is 10.9. The number of nitriles is 1. The summed E-state index contributed by atoms with van der Waals surface area (Å²) < 4.78 is 27.2. The molecule has 4 rings (SSSR count). The zero-order valence-corrected chi connectivity index (χ0v) is 21.9. The van der Waals surface area contributed by atoms with Crippen LogP contribution in [0.3, 0.4) is 0 Å². The molecule has 4 aromatic rings. The van der Waals surface area contributed by atoms with E-state index in [1.165, 1.54) is 25.3 Å². The molecule has 0 aliphatic rings. The lowest BCUT2D eigenvalue weighted by Crippen LogP contribution is -2.11. The van der Waals surface area contributed by atoms with Gasteiger partial charge in [0.2, 0.25) is 5.91 Å². The molecule has 200 valence electrons. The van der Waals surface area contributed by atoms with Gasteiger partial charge in [0.25, 0.3) is 0 Å². The highest BCUT2D eigenvalue weighted by atomic mass is 19.1. The van der Waals surface area contributed by atoms with Crippen LogP contribution in [0.4, 0.5) is 21.5 Å². The number of ether oxygens (including phenoxy) is 2. The molecule has 0 atom stereocenters.